The molecule has 0 aliphatic heterocycles. The van der Waals surface area contributed by atoms with E-state index < -0.39 is 11.6 Å². The van der Waals surface area contributed by atoms with Crippen molar-refractivity contribution in [3.8, 4) is 0 Å². The summed E-state index contributed by atoms with van der Waals surface area (Å²) in [6.07, 6.45) is 0. The smallest absolute Gasteiger partial charge is 0.258 e. The normalized spacial score (nSPS) is 13.7. The first kappa shape index (κ1) is 6.27. The molecule has 1 unspecified atom stereocenters. The highest BCUT2D eigenvalue weighted by atomic mass is 19.1. The zero-order valence-corrected chi connectivity index (χ0v) is 5.53. The summed E-state index contributed by atoms with van der Waals surface area (Å²) in [5.41, 5.74) is 0.0278. The molecular formula is C7H6FNO2. The van der Waals surface area contributed by atoms with Crippen LogP contribution in [0.1, 0.15) is 6.93 Å². The van der Waals surface area contributed by atoms with E-state index >= 15 is 0 Å². The van der Waals surface area contributed by atoms with Crippen molar-refractivity contribution in [2.45, 2.75) is 6.65 Å². The van der Waals surface area contributed by atoms with Crippen LogP contribution >= 0.6 is 0 Å². The number of benzene rings is 1. The van der Waals surface area contributed by atoms with Crippen molar-refractivity contribution in [1.29, 1.82) is 0 Å². The molecule has 58 valence electrons. The van der Waals surface area contributed by atoms with Crippen LogP contribution in [0, 0.1) is 10.1 Å². The van der Waals surface area contributed by atoms with Crippen molar-refractivity contribution in [2.75, 3.05) is 0 Å². The Morgan fingerprint density at radius 1 is 1.55 bits per heavy atom. The number of hydrogen-bond acceptors (Lipinski definition) is 2. The van der Waals surface area contributed by atoms with Crippen LogP contribution in [-0.2, 0) is 6.65 Å². The van der Waals surface area contributed by atoms with E-state index in [4.69, 9.17) is 1.37 Å². The van der Waals surface area contributed by atoms with Gasteiger partial charge in [-0.1, -0.05) is 0 Å². The van der Waals surface area contributed by atoms with Crippen molar-refractivity contribution in [3.05, 3.63) is 39.9 Å². The summed E-state index contributed by atoms with van der Waals surface area (Å²) < 4.78 is 18.9. The second kappa shape index (κ2) is 3.09. The summed E-state index contributed by atoms with van der Waals surface area (Å²) >= 11 is 0. The van der Waals surface area contributed by atoms with Crippen LogP contribution < -0.4 is 0 Å². The number of nitro groups is 1. The van der Waals surface area contributed by atoms with E-state index in [2.05, 4.69) is 0 Å². The average Bonchev–Trinajstić information content (AvgIpc) is 2.04. The first-order valence-electron chi connectivity index (χ1n) is 3.49. The van der Waals surface area contributed by atoms with E-state index in [0.29, 0.717) is 0 Å². The van der Waals surface area contributed by atoms with Gasteiger partial charge < -0.3 is 0 Å². The lowest BCUT2D eigenvalue weighted by Gasteiger charge is -1.92. The summed E-state index contributed by atoms with van der Waals surface area (Å²) in [5.74, 6) is 0. The van der Waals surface area contributed by atoms with Crippen molar-refractivity contribution < 1.29 is 10.7 Å². The van der Waals surface area contributed by atoms with Crippen molar-refractivity contribution in [1.82, 2.24) is 0 Å². The molecule has 0 bridgehead atoms. The molecular weight excluding hydrogens is 149 g/mol. The molecule has 1 aromatic carbocycles. The maximum Gasteiger partial charge on any atom is 0.269 e. The summed E-state index contributed by atoms with van der Waals surface area (Å²) in [6.45, 7) is -1.83. The molecule has 11 heavy (non-hydrogen) atoms. The van der Waals surface area contributed by atoms with E-state index in [1.54, 1.807) is 0 Å². The quantitative estimate of drug-likeness (QED) is 0.485. The largest absolute Gasteiger partial charge is 0.269 e. The summed E-state index contributed by atoms with van der Waals surface area (Å²) in [6, 6.07) is 4.82. The van der Waals surface area contributed by atoms with E-state index in [9.17, 15) is 14.5 Å². The Kier molecular flexibility index (Phi) is 1.76. The molecule has 4 heteroatoms. The van der Waals surface area contributed by atoms with Crippen LogP contribution in [0.4, 0.5) is 10.1 Å². The van der Waals surface area contributed by atoms with Gasteiger partial charge in [0.25, 0.3) is 5.69 Å². The van der Waals surface area contributed by atoms with Crippen molar-refractivity contribution in [2.24, 2.45) is 0 Å². The van der Waals surface area contributed by atoms with Crippen LogP contribution in [-0.4, -0.2) is 4.92 Å². The molecule has 0 fully saturated rings. The van der Waals surface area contributed by atoms with Gasteiger partial charge >= 0.3 is 0 Å². The molecule has 0 aromatic heterocycles. The molecule has 0 spiro atoms. The van der Waals surface area contributed by atoms with Crippen LogP contribution in [0.3, 0.4) is 0 Å². The van der Waals surface area contributed by atoms with E-state index in [1.165, 1.54) is 24.3 Å². The number of nitrogens with zero attached hydrogens (tertiary/aromatic N) is 1. The molecule has 0 heterocycles. The lowest BCUT2D eigenvalue weighted by atomic mass is 10.2. The fourth-order valence-corrected chi connectivity index (χ4v) is 0.669. The topological polar surface area (TPSA) is 43.1 Å². The minimum absolute atomic E-state index is 0.0978. The van der Waals surface area contributed by atoms with Gasteiger partial charge in [0.1, 0.15) is 6.65 Å². The number of hydrogen-bond donors (Lipinski definition) is 0. The SMILES string of the molecule is [2H]C(F)c1ccc([N+](=O)[O-])cc1. The summed E-state index contributed by atoms with van der Waals surface area (Å²) in [5, 5.41) is 10.1. The lowest BCUT2D eigenvalue weighted by molar-refractivity contribution is -0.384. The standard InChI is InChI=1S/C7H6FNO2/c8-5-6-1-3-7(4-2-6)9(10)11/h1-4H,5H2/i5D. The monoisotopic (exact) mass is 156 g/mol. The van der Waals surface area contributed by atoms with Crippen molar-refractivity contribution >= 4 is 5.69 Å². The van der Waals surface area contributed by atoms with Crippen LogP contribution in [0.2, 0.25) is 0 Å². The summed E-state index contributed by atoms with van der Waals surface area (Å²) in [7, 11) is 0. The maximum absolute atomic E-state index is 12.3. The van der Waals surface area contributed by atoms with Crippen LogP contribution in [0.5, 0.6) is 0 Å². The lowest BCUT2D eigenvalue weighted by Crippen LogP contribution is -1.87. The van der Waals surface area contributed by atoms with E-state index in [-0.39, 0.29) is 11.3 Å². The molecule has 0 aliphatic carbocycles. The van der Waals surface area contributed by atoms with Gasteiger partial charge in [-0.2, -0.15) is 0 Å². The first-order valence-corrected chi connectivity index (χ1v) is 2.92. The predicted octanol–water partition coefficient (Wildman–Crippen LogP) is 2.06. The Morgan fingerprint density at radius 3 is 2.45 bits per heavy atom. The number of alkyl halides is 1. The fourth-order valence-electron chi connectivity index (χ4n) is 0.669. The Balaban J connectivity index is 2.93. The van der Waals surface area contributed by atoms with Gasteiger partial charge in [0.15, 0.2) is 0 Å². The highest BCUT2D eigenvalue weighted by Gasteiger charge is 2.02. The number of nitro benzene ring substituents is 1. The van der Waals surface area contributed by atoms with Gasteiger partial charge in [-0.25, -0.2) is 4.39 Å². The number of non-ortho nitro benzene ring substituents is 1. The molecule has 1 rings (SSSR count). The molecule has 0 amide bonds. The van der Waals surface area contributed by atoms with Gasteiger partial charge in [-0.05, 0) is 17.7 Å². The van der Waals surface area contributed by atoms with Gasteiger partial charge in [-0.3, -0.25) is 10.1 Å². The van der Waals surface area contributed by atoms with Gasteiger partial charge in [0.05, 0.1) is 6.29 Å². The Hall–Kier alpha value is -1.45. The molecule has 0 radical (unpaired) electrons. The Morgan fingerprint density at radius 2 is 2.09 bits per heavy atom. The fraction of sp³-hybridized carbons (Fsp3) is 0.143. The van der Waals surface area contributed by atoms with E-state index in [0.717, 1.165) is 0 Å². The summed E-state index contributed by atoms with van der Waals surface area (Å²) in [4.78, 5) is 9.58. The third-order valence-electron chi connectivity index (χ3n) is 1.23. The molecule has 0 saturated heterocycles. The molecule has 0 aliphatic rings. The molecule has 1 aromatic rings. The number of halogens is 1. The number of rotatable bonds is 2. The Labute approximate surface area is 64.0 Å². The third-order valence-corrected chi connectivity index (χ3v) is 1.23. The van der Waals surface area contributed by atoms with Gasteiger partial charge in [0, 0.05) is 12.1 Å². The minimum Gasteiger partial charge on any atom is -0.258 e. The second-order valence-electron chi connectivity index (χ2n) is 1.96. The zero-order chi connectivity index (χ0) is 9.14. The second-order valence-corrected chi connectivity index (χ2v) is 1.96. The molecule has 3 nitrogen and oxygen atoms in total. The minimum atomic E-state index is -1.83. The Bertz CT molecular complexity index is 286. The zero-order valence-electron chi connectivity index (χ0n) is 6.53. The molecule has 1 atom stereocenters. The maximum atomic E-state index is 12.3. The van der Waals surface area contributed by atoms with Crippen LogP contribution in [0.15, 0.2) is 24.3 Å². The van der Waals surface area contributed by atoms with Gasteiger partial charge in [0.2, 0.25) is 0 Å². The molecule has 0 saturated carbocycles. The highest BCUT2D eigenvalue weighted by Crippen LogP contribution is 2.11. The van der Waals surface area contributed by atoms with E-state index in [1.807, 2.05) is 0 Å². The molecule has 0 N–H and O–H groups in total. The van der Waals surface area contributed by atoms with Gasteiger partial charge in [-0.15, -0.1) is 0 Å². The average molecular weight is 156 g/mol. The third kappa shape index (κ3) is 1.73. The first-order chi connectivity index (χ1) is 5.61. The highest BCUT2D eigenvalue weighted by molar-refractivity contribution is 5.32. The predicted molar refractivity (Wildman–Crippen MR) is 37.9 cm³/mol. The van der Waals surface area contributed by atoms with Crippen LogP contribution in [0.25, 0.3) is 0 Å². The van der Waals surface area contributed by atoms with Crippen molar-refractivity contribution in [3.63, 3.8) is 0 Å².